The van der Waals surface area contributed by atoms with Gasteiger partial charge in [0.15, 0.2) is 10.2 Å². The maximum absolute atomic E-state index is 12.0. The first-order valence-electron chi connectivity index (χ1n) is 5.61. The maximum Gasteiger partial charge on any atom is 0.309 e. The number of aromatic nitrogens is 3. The zero-order chi connectivity index (χ0) is 14.8. The van der Waals surface area contributed by atoms with Gasteiger partial charge in [-0.25, -0.2) is 9.97 Å². The number of rotatable bonds is 6. The minimum absolute atomic E-state index is 0.102. The molecule has 0 radical (unpaired) electrons. The van der Waals surface area contributed by atoms with Crippen LogP contribution in [0.25, 0.3) is 0 Å². The molecule has 0 unspecified atom stereocenters. The van der Waals surface area contributed by atoms with Crippen molar-refractivity contribution in [3.05, 3.63) is 23.6 Å². The van der Waals surface area contributed by atoms with E-state index in [4.69, 9.17) is 5.11 Å². The average molecular weight is 316 g/mol. The van der Waals surface area contributed by atoms with Crippen LogP contribution in [0.3, 0.4) is 0 Å². The van der Waals surface area contributed by atoms with E-state index < -0.39 is 16.0 Å². The number of thiazole rings is 1. The molecule has 0 saturated heterocycles. The van der Waals surface area contributed by atoms with Crippen LogP contribution in [0.2, 0.25) is 0 Å². The Labute approximate surface area is 119 Å². The number of nitrogens with one attached hydrogen (secondary N) is 1. The minimum Gasteiger partial charge on any atom is -0.481 e. The van der Waals surface area contributed by atoms with Crippen molar-refractivity contribution in [2.75, 3.05) is 4.72 Å². The molecule has 20 heavy (non-hydrogen) atoms. The third kappa shape index (κ3) is 3.33. The fourth-order valence-electron chi connectivity index (χ4n) is 1.41. The number of hydrogen-bond acceptors (Lipinski definition) is 6. The fourth-order valence-corrected chi connectivity index (χ4v) is 3.32. The van der Waals surface area contributed by atoms with Crippen LogP contribution in [0.15, 0.2) is 22.9 Å². The van der Waals surface area contributed by atoms with Gasteiger partial charge in [0.05, 0.1) is 18.4 Å². The third-order valence-corrected chi connectivity index (χ3v) is 4.52. The quantitative estimate of drug-likeness (QED) is 0.814. The van der Waals surface area contributed by atoms with E-state index in [1.165, 1.54) is 17.9 Å². The molecule has 2 heterocycles. The summed E-state index contributed by atoms with van der Waals surface area (Å²) in [6, 6.07) is 0. The molecule has 0 aliphatic heterocycles. The molecule has 0 atom stereocenters. The van der Waals surface area contributed by atoms with Crippen LogP contribution in [0.4, 0.5) is 5.13 Å². The molecule has 0 spiro atoms. The second-order valence-corrected chi connectivity index (χ2v) is 6.35. The molecule has 8 nitrogen and oxygen atoms in total. The second kappa shape index (κ2) is 5.59. The van der Waals surface area contributed by atoms with Gasteiger partial charge in [-0.15, -0.1) is 11.3 Å². The second-order valence-electron chi connectivity index (χ2n) is 3.86. The van der Waals surface area contributed by atoms with E-state index in [2.05, 4.69) is 14.7 Å². The fraction of sp³-hybridized carbons (Fsp3) is 0.300. The van der Waals surface area contributed by atoms with Gasteiger partial charge in [-0.3, -0.25) is 9.52 Å². The van der Waals surface area contributed by atoms with E-state index in [1.54, 1.807) is 4.57 Å². The molecule has 2 aromatic rings. The Hall–Kier alpha value is -1.94. The van der Waals surface area contributed by atoms with Gasteiger partial charge in [-0.1, -0.05) is 0 Å². The van der Waals surface area contributed by atoms with E-state index in [0.717, 1.165) is 11.3 Å². The topological polar surface area (TPSA) is 114 Å². The first-order chi connectivity index (χ1) is 9.40. The van der Waals surface area contributed by atoms with Crippen LogP contribution < -0.4 is 4.72 Å². The molecule has 0 aliphatic rings. The molecule has 108 valence electrons. The first-order valence-corrected chi connectivity index (χ1v) is 7.98. The number of imidazole rings is 1. The van der Waals surface area contributed by atoms with Crippen molar-refractivity contribution >= 4 is 32.5 Å². The maximum atomic E-state index is 12.0. The highest BCUT2D eigenvalue weighted by Gasteiger charge is 2.19. The Bertz CT molecular complexity index is 719. The number of aryl methyl sites for hydroxylation is 1. The van der Waals surface area contributed by atoms with E-state index >= 15 is 0 Å². The number of anilines is 1. The highest BCUT2D eigenvalue weighted by atomic mass is 32.2. The van der Waals surface area contributed by atoms with Crippen LogP contribution in [0, 0.1) is 0 Å². The first kappa shape index (κ1) is 14.5. The monoisotopic (exact) mass is 316 g/mol. The lowest BCUT2D eigenvalue weighted by molar-refractivity contribution is -0.136. The van der Waals surface area contributed by atoms with Crippen molar-refractivity contribution in [2.24, 2.45) is 0 Å². The highest BCUT2D eigenvalue weighted by molar-refractivity contribution is 7.92. The molecule has 0 bridgehead atoms. The number of carboxylic acid groups (broad SMARTS) is 1. The van der Waals surface area contributed by atoms with E-state index in [0.29, 0.717) is 12.2 Å². The summed E-state index contributed by atoms with van der Waals surface area (Å²) in [6.45, 7) is 2.48. The molecule has 2 N–H and O–H groups in total. The molecule has 10 heteroatoms. The highest BCUT2D eigenvalue weighted by Crippen LogP contribution is 2.19. The van der Waals surface area contributed by atoms with Crippen LogP contribution >= 0.6 is 11.3 Å². The zero-order valence-corrected chi connectivity index (χ0v) is 12.1. The van der Waals surface area contributed by atoms with E-state index in [-0.39, 0.29) is 16.6 Å². The van der Waals surface area contributed by atoms with Gasteiger partial charge in [0.25, 0.3) is 10.0 Å². The van der Waals surface area contributed by atoms with E-state index in [1.807, 2.05) is 6.92 Å². The molecular formula is C10H12N4O4S2. The molecule has 0 saturated carbocycles. The lowest BCUT2D eigenvalue weighted by Crippen LogP contribution is -2.13. The molecule has 0 amide bonds. The Morgan fingerprint density at radius 1 is 1.55 bits per heavy atom. The summed E-state index contributed by atoms with van der Waals surface area (Å²) in [6.07, 6.45) is 2.59. The van der Waals surface area contributed by atoms with Gasteiger partial charge in [-0.05, 0) is 6.92 Å². The van der Waals surface area contributed by atoms with Gasteiger partial charge in [-0.2, -0.15) is 8.42 Å². The van der Waals surface area contributed by atoms with Gasteiger partial charge >= 0.3 is 5.97 Å². The van der Waals surface area contributed by atoms with Crippen molar-refractivity contribution in [3.8, 4) is 0 Å². The number of aliphatic carboxylic acids is 1. The zero-order valence-electron chi connectivity index (χ0n) is 10.5. The van der Waals surface area contributed by atoms with Gasteiger partial charge < -0.3 is 9.67 Å². The number of sulfonamides is 1. The average Bonchev–Trinajstić information content (AvgIpc) is 2.97. The number of nitrogens with zero attached hydrogens (tertiary/aromatic N) is 3. The van der Waals surface area contributed by atoms with E-state index in [9.17, 15) is 13.2 Å². The van der Waals surface area contributed by atoms with Gasteiger partial charge in [0.1, 0.15) is 0 Å². The molecule has 0 aliphatic carbocycles. The van der Waals surface area contributed by atoms with Crippen molar-refractivity contribution in [3.63, 3.8) is 0 Å². The Morgan fingerprint density at radius 3 is 2.90 bits per heavy atom. The van der Waals surface area contributed by atoms with Crippen LogP contribution in [-0.2, 0) is 27.8 Å². The SMILES string of the molecule is CCn1cnc(S(=O)(=O)Nc2nc(CC(=O)O)cs2)c1. The Kier molecular flexibility index (Phi) is 4.04. The number of carbonyl (C=O) groups is 1. The predicted molar refractivity (Wildman–Crippen MR) is 72.2 cm³/mol. The molecule has 2 rings (SSSR count). The van der Waals surface area contributed by atoms with Crippen LogP contribution in [0.5, 0.6) is 0 Å². The molecule has 2 aromatic heterocycles. The lowest BCUT2D eigenvalue weighted by atomic mass is 10.3. The largest absolute Gasteiger partial charge is 0.481 e. The van der Waals surface area contributed by atoms with Crippen molar-refractivity contribution < 1.29 is 18.3 Å². The third-order valence-electron chi connectivity index (χ3n) is 2.36. The summed E-state index contributed by atoms with van der Waals surface area (Å²) >= 11 is 1.03. The summed E-state index contributed by atoms with van der Waals surface area (Å²) in [5.74, 6) is -1.02. The smallest absolute Gasteiger partial charge is 0.309 e. The molecular weight excluding hydrogens is 304 g/mol. The standard InChI is InChI=1S/C10H12N4O4S2/c1-2-14-4-8(11-6-14)20(17,18)13-10-12-7(5-19-10)3-9(15)16/h4-6H,2-3H2,1H3,(H,12,13)(H,15,16). The van der Waals surface area contributed by atoms with Gasteiger partial charge in [0.2, 0.25) is 0 Å². The minimum atomic E-state index is -3.80. The van der Waals surface area contributed by atoms with Crippen molar-refractivity contribution in [2.45, 2.75) is 24.9 Å². The lowest BCUT2D eigenvalue weighted by Gasteiger charge is -2.01. The number of hydrogen-bond donors (Lipinski definition) is 2. The molecule has 0 fully saturated rings. The van der Waals surface area contributed by atoms with Gasteiger partial charge in [0, 0.05) is 18.1 Å². The summed E-state index contributed by atoms with van der Waals surface area (Å²) in [5.41, 5.74) is 0.305. The summed E-state index contributed by atoms with van der Waals surface area (Å²) in [5, 5.41) is 10.1. The van der Waals surface area contributed by atoms with Crippen molar-refractivity contribution in [1.29, 1.82) is 0 Å². The Balaban J connectivity index is 2.15. The summed E-state index contributed by atoms with van der Waals surface area (Å²) in [7, 11) is -3.80. The van der Waals surface area contributed by atoms with Crippen LogP contribution in [0.1, 0.15) is 12.6 Å². The summed E-state index contributed by atoms with van der Waals surface area (Å²) in [4.78, 5) is 18.2. The van der Waals surface area contributed by atoms with Crippen LogP contribution in [-0.4, -0.2) is 34.0 Å². The Morgan fingerprint density at radius 2 is 2.30 bits per heavy atom. The summed E-state index contributed by atoms with van der Waals surface area (Å²) < 4.78 is 28.0. The van der Waals surface area contributed by atoms with Crippen molar-refractivity contribution in [1.82, 2.24) is 14.5 Å². The predicted octanol–water partition coefficient (Wildman–Crippen LogP) is 0.787. The molecule has 0 aromatic carbocycles. The number of carboxylic acids is 1. The normalized spacial score (nSPS) is 11.4.